The molecule has 10 heteroatoms. The monoisotopic (exact) mass is 543 g/mol. The Morgan fingerprint density at radius 2 is 1.91 bits per heavy atom. The summed E-state index contributed by atoms with van der Waals surface area (Å²) in [6.07, 6.45) is 5.50. The molecule has 0 saturated heterocycles. The molecule has 0 aliphatic rings. The van der Waals surface area contributed by atoms with Crippen molar-refractivity contribution < 1.29 is 17.6 Å². The van der Waals surface area contributed by atoms with Crippen molar-refractivity contribution in [1.82, 2.24) is 4.57 Å². The van der Waals surface area contributed by atoms with Gasteiger partial charge in [0.1, 0.15) is 5.82 Å². The maximum atomic E-state index is 13.1. The highest BCUT2D eigenvalue weighted by atomic mass is 79.9. The first-order chi connectivity index (χ1) is 15.8. The van der Waals surface area contributed by atoms with Crippen LogP contribution in [0.5, 0.6) is 0 Å². The number of fused-ring (bicyclic) bond motifs is 1. The number of aromatic nitrogens is 1. The maximum Gasteiger partial charge on any atom is 0.279 e. The Balaban J connectivity index is 1.67. The number of nitrogens with one attached hydrogen (secondary N) is 1. The zero-order chi connectivity index (χ0) is 23.6. The molecule has 0 saturated carbocycles. The number of sulfonamides is 1. The molecule has 0 radical (unpaired) electrons. The fourth-order valence-electron chi connectivity index (χ4n) is 3.07. The molecule has 1 aromatic heterocycles. The minimum Gasteiger partial charge on any atom is -0.305 e. The Morgan fingerprint density at radius 1 is 1.15 bits per heavy atom. The van der Waals surface area contributed by atoms with Crippen LogP contribution in [0.2, 0.25) is 0 Å². The summed E-state index contributed by atoms with van der Waals surface area (Å²) >= 11 is 4.75. The number of terminal acetylenes is 1. The van der Waals surface area contributed by atoms with Crippen molar-refractivity contribution in [2.24, 2.45) is 4.99 Å². The van der Waals surface area contributed by atoms with Gasteiger partial charge in [-0.3, -0.25) is 9.52 Å². The molecule has 1 N–H and O–H groups in total. The van der Waals surface area contributed by atoms with E-state index in [9.17, 15) is 17.6 Å². The predicted molar refractivity (Wildman–Crippen MR) is 130 cm³/mol. The molecule has 4 rings (SSSR count). The van der Waals surface area contributed by atoms with Crippen LogP contribution in [0.3, 0.4) is 0 Å². The van der Waals surface area contributed by atoms with Crippen molar-refractivity contribution in [3.8, 4) is 12.3 Å². The lowest BCUT2D eigenvalue weighted by molar-refractivity contribution is 0.0998. The van der Waals surface area contributed by atoms with Crippen LogP contribution in [0.1, 0.15) is 10.4 Å². The standard InChI is InChI=1S/C23H15BrFN3O3S2/c1-2-12-28-20-11-6-16(24)14-21(20)32-23(28)26-22(29)15-4-3-5-18(13-15)27-33(30,31)19-9-7-17(25)8-10-19/h1,3-11,13-14,27H,12H2. The summed E-state index contributed by atoms with van der Waals surface area (Å²) in [7, 11) is -3.95. The third-order valence-electron chi connectivity index (χ3n) is 4.58. The van der Waals surface area contributed by atoms with Crippen LogP contribution in [0.4, 0.5) is 10.1 Å². The number of halogens is 2. The summed E-state index contributed by atoms with van der Waals surface area (Å²) < 4.78 is 44.2. The van der Waals surface area contributed by atoms with E-state index >= 15 is 0 Å². The molecule has 0 unspecified atom stereocenters. The molecule has 0 atom stereocenters. The van der Waals surface area contributed by atoms with E-state index in [2.05, 4.69) is 31.6 Å². The number of thiazole rings is 1. The van der Waals surface area contributed by atoms with Crippen molar-refractivity contribution in [1.29, 1.82) is 0 Å². The van der Waals surface area contributed by atoms with Crippen molar-refractivity contribution in [2.45, 2.75) is 11.4 Å². The quantitative estimate of drug-likeness (QED) is 0.368. The Hall–Kier alpha value is -3.26. The minimum atomic E-state index is -3.95. The lowest BCUT2D eigenvalue weighted by Gasteiger charge is -2.08. The molecule has 0 aliphatic heterocycles. The van der Waals surface area contributed by atoms with E-state index in [1.165, 1.54) is 29.5 Å². The SMILES string of the molecule is C#CCn1c(=NC(=O)c2cccc(NS(=O)(=O)c3ccc(F)cc3)c2)sc2cc(Br)ccc21. The van der Waals surface area contributed by atoms with Crippen LogP contribution in [0.25, 0.3) is 10.2 Å². The van der Waals surface area contributed by atoms with Crippen LogP contribution in [0.15, 0.2) is 81.1 Å². The van der Waals surface area contributed by atoms with Gasteiger partial charge in [0.2, 0.25) is 0 Å². The van der Waals surface area contributed by atoms with E-state index in [0.29, 0.717) is 4.80 Å². The van der Waals surface area contributed by atoms with Crippen LogP contribution in [-0.4, -0.2) is 18.9 Å². The molecule has 3 aromatic carbocycles. The molecular formula is C23H15BrFN3O3S2. The molecule has 1 amide bonds. The molecule has 0 fully saturated rings. The Labute approximate surface area is 201 Å². The van der Waals surface area contributed by atoms with Gasteiger partial charge >= 0.3 is 0 Å². The zero-order valence-corrected chi connectivity index (χ0v) is 20.0. The van der Waals surface area contributed by atoms with Gasteiger partial charge in [-0.1, -0.05) is 39.3 Å². The minimum absolute atomic E-state index is 0.0999. The number of amides is 1. The fraction of sp³-hybridized carbons (Fsp3) is 0.0435. The second kappa shape index (κ2) is 9.31. The summed E-state index contributed by atoms with van der Waals surface area (Å²) in [6.45, 7) is 0.241. The first kappa shape index (κ1) is 22.9. The Bertz CT molecular complexity index is 1580. The molecule has 33 heavy (non-hydrogen) atoms. The first-order valence-electron chi connectivity index (χ1n) is 9.47. The van der Waals surface area contributed by atoms with Gasteiger partial charge in [0.05, 0.1) is 21.7 Å². The lowest BCUT2D eigenvalue weighted by atomic mass is 10.2. The third-order valence-corrected chi connectivity index (χ3v) is 7.51. The molecule has 6 nitrogen and oxygen atoms in total. The van der Waals surface area contributed by atoms with Gasteiger partial charge in [-0.15, -0.1) is 6.42 Å². The van der Waals surface area contributed by atoms with Gasteiger partial charge in [-0.25, -0.2) is 12.8 Å². The van der Waals surface area contributed by atoms with Gasteiger partial charge in [0, 0.05) is 15.7 Å². The highest BCUT2D eigenvalue weighted by Gasteiger charge is 2.16. The number of nitrogens with zero attached hydrogens (tertiary/aromatic N) is 2. The Morgan fingerprint density at radius 3 is 2.64 bits per heavy atom. The van der Waals surface area contributed by atoms with Gasteiger partial charge in [0.15, 0.2) is 4.80 Å². The van der Waals surface area contributed by atoms with Crippen LogP contribution >= 0.6 is 27.3 Å². The van der Waals surface area contributed by atoms with Crippen molar-refractivity contribution in [2.75, 3.05) is 4.72 Å². The number of rotatable bonds is 5. The molecule has 166 valence electrons. The van der Waals surface area contributed by atoms with Gasteiger partial charge in [-0.2, -0.15) is 4.99 Å². The second-order valence-corrected chi connectivity index (χ2v) is 10.5. The molecular weight excluding hydrogens is 529 g/mol. The topological polar surface area (TPSA) is 80.5 Å². The third kappa shape index (κ3) is 5.06. The van der Waals surface area contributed by atoms with Crippen molar-refractivity contribution in [3.63, 3.8) is 0 Å². The number of carbonyl (C=O) groups is 1. The van der Waals surface area contributed by atoms with E-state index in [-0.39, 0.29) is 22.7 Å². The Kier molecular flexibility index (Phi) is 6.47. The second-order valence-electron chi connectivity index (χ2n) is 6.84. The zero-order valence-electron chi connectivity index (χ0n) is 16.8. The largest absolute Gasteiger partial charge is 0.305 e. The fourth-order valence-corrected chi connectivity index (χ4v) is 5.70. The van der Waals surface area contributed by atoms with E-state index in [4.69, 9.17) is 6.42 Å². The number of hydrogen-bond acceptors (Lipinski definition) is 4. The highest BCUT2D eigenvalue weighted by Crippen LogP contribution is 2.23. The van der Waals surface area contributed by atoms with Crippen molar-refractivity contribution >= 4 is 59.1 Å². The van der Waals surface area contributed by atoms with Gasteiger partial charge in [-0.05, 0) is 60.7 Å². The molecule has 0 spiro atoms. The smallest absolute Gasteiger partial charge is 0.279 e. The number of hydrogen-bond donors (Lipinski definition) is 1. The normalized spacial score (nSPS) is 12.0. The molecule has 1 heterocycles. The van der Waals surface area contributed by atoms with E-state index in [0.717, 1.165) is 39.0 Å². The van der Waals surface area contributed by atoms with E-state index in [1.54, 1.807) is 10.6 Å². The molecule has 0 bridgehead atoms. The maximum absolute atomic E-state index is 13.1. The molecule has 4 aromatic rings. The highest BCUT2D eigenvalue weighted by molar-refractivity contribution is 9.10. The summed E-state index contributed by atoms with van der Waals surface area (Å²) in [5.74, 6) is 1.48. The van der Waals surface area contributed by atoms with Crippen LogP contribution in [-0.2, 0) is 16.6 Å². The summed E-state index contributed by atoms with van der Waals surface area (Å²) in [5, 5.41) is 0. The number of carbonyl (C=O) groups excluding carboxylic acids is 1. The summed E-state index contributed by atoms with van der Waals surface area (Å²) in [4.78, 5) is 17.5. The van der Waals surface area contributed by atoms with Crippen LogP contribution < -0.4 is 9.52 Å². The van der Waals surface area contributed by atoms with Crippen molar-refractivity contribution in [3.05, 3.63) is 87.4 Å². The van der Waals surface area contributed by atoms with Gasteiger partial charge < -0.3 is 4.57 Å². The summed E-state index contributed by atoms with van der Waals surface area (Å²) in [6, 6.07) is 16.1. The van der Waals surface area contributed by atoms with E-state index < -0.39 is 21.7 Å². The lowest BCUT2D eigenvalue weighted by Crippen LogP contribution is -2.17. The average Bonchev–Trinajstić information content (AvgIpc) is 3.10. The number of benzene rings is 3. The first-order valence-corrected chi connectivity index (χ1v) is 12.6. The number of anilines is 1. The predicted octanol–water partition coefficient (Wildman–Crippen LogP) is 4.78. The average molecular weight is 544 g/mol. The summed E-state index contributed by atoms with van der Waals surface area (Å²) in [5.41, 5.74) is 1.23. The molecule has 0 aliphatic carbocycles. The van der Waals surface area contributed by atoms with Gasteiger partial charge in [0.25, 0.3) is 15.9 Å². The van der Waals surface area contributed by atoms with E-state index in [1.807, 2.05) is 18.2 Å². The van der Waals surface area contributed by atoms with Crippen LogP contribution in [0, 0.1) is 18.2 Å².